The van der Waals surface area contributed by atoms with Gasteiger partial charge in [-0.2, -0.15) is 0 Å². The molecular weight excluding hydrogens is 290 g/mol. The maximum Gasteiger partial charge on any atom is 0.337 e. The fourth-order valence-corrected chi connectivity index (χ4v) is 3.05. The number of rotatable bonds is 4. The number of carbonyl (C=O) groups excluding carboxylic acids is 1. The summed E-state index contributed by atoms with van der Waals surface area (Å²) in [4.78, 5) is 13.9. The number of benzene rings is 1. The highest BCUT2D eigenvalue weighted by Crippen LogP contribution is 2.30. The number of halogens is 1. The Morgan fingerprint density at radius 2 is 2.29 bits per heavy atom. The van der Waals surface area contributed by atoms with Gasteiger partial charge < -0.3 is 9.84 Å². The lowest BCUT2D eigenvalue weighted by atomic mass is 9.82. The van der Waals surface area contributed by atoms with Crippen molar-refractivity contribution < 1.29 is 14.6 Å². The molecule has 0 amide bonds. The zero-order valence-corrected chi connectivity index (χ0v) is 13.3. The van der Waals surface area contributed by atoms with Crippen LogP contribution in [0.5, 0.6) is 0 Å². The van der Waals surface area contributed by atoms with Crippen LogP contribution in [0.3, 0.4) is 0 Å². The van der Waals surface area contributed by atoms with Crippen LogP contribution in [0.25, 0.3) is 0 Å². The number of esters is 1. The summed E-state index contributed by atoms with van der Waals surface area (Å²) in [5.41, 5.74) is 1.38. The molecular formula is C16H22ClNO3. The summed E-state index contributed by atoms with van der Waals surface area (Å²) in [5.74, 6) is -0.355. The summed E-state index contributed by atoms with van der Waals surface area (Å²) >= 11 is 6.24. The van der Waals surface area contributed by atoms with Crippen molar-refractivity contribution in [3.63, 3.8) is 0 Å². The van der Waals surface area contributed by atoms with E-state index in [1.807, 2.05) is 0 Å². The van der Waals surface area contributed by atoms with Gasteiger partial charge in [0.25, 0.3) is 0 Å². The van der Waals surface area contributed by atoms with Gasteiger partial charge in [0.05, 0.1) is 12.7 Å². The third-order valence-corrected chi connectivity index (χ3v) is 4.47. The highest BCUT2D eigenvalue weighted by atomic mass is 35.5. The van der Waals surface area contributed by atoms with Gasteiger partial charge in [0, 0.05) is 30.1 Å². The van der Waals surface area contributed by atoms with Crippen molar-refractivity contribution >= 4 is 17.6 Å². The molecule has 0 spiro atoms. The van der Waals surface area contributed by atoms with E-state index in [0.29, 0.717) is 17.1 Å². The molecule has 5 heteroatoms. The molecule has 0 aromatic heterocycles. The van der Waals surface area contributed by atoms with Crippen LogP contribution in [0, 0.1) is 5.41 Å². The number of nitrogens with zero attached hydrogens (tertiary/aromatic N) is 1. The Labute approximate surface area is 130 Å². The molecule has 1 heterocycles. The van der Waals surface area contributed by atoms with E-state index in [1.165, 1.54) is 7.11 Å². The molecule has 1 atom stereocenters. The molecule has 0 radical (unpaired) electrons. The van der Waals surface area contributed by atoms with Crippen LogP contribution in [-0.4, -0.2) is 42.8 Å². The molecule has 1 aromatic carbocycles. The van der Waals surface area contributed by atoms with Crippen LogP contribution >= 0.6 is 11.6 Å². The molecule has 0 bridgehead atoms. The van der Waals surface area contributed by atoms with E-state index in [9.17, 15) is 9.90 Å². The van der Waals surface area contributed by atoms with Crippen LogP contribution in [0.15, 0.2) is 18.2 Å². The Morgan fingerprint density at radius 1 is 1.52 bits per heavy atom. The van der Waals surface area contributed by atoms with E-state index in [1.54, 1.807) is 18.2 Å². The number of likely N-dealkylation sites (tertiary alicyclic amines) is 1. The van der Waals surface area contributed by atoms with Gasteiger partial charge >= 0.3 is 5.97 Å². The van der Waals surface area contributed by atoms with Crippen LogP contribution in [0.1, 0.15) is 35.7 Å². The maximum atomic E-state index is 11.6. The fraction of sp³-hybridized carbons (Fsp3) is 0.562. The molecule has 1 saturated heterocycles. The van der Waals surface area contributed by atoms with Gasteiger partial charge in [-0.3, -0.25) is 4.90 Å². The third-order valence-electron chi connectivity index (χ3n) is 4.10. The molecule has 1 aliphatic heterocycles. The predicted molar refractivity (Wildman–Crippen MR) is 82.5 cm³/mol. The minimum absolute atomic E-state index is 0.0509. The van der Waals surface area contributed by atoms with Crippen molar-refractivity contribution in [2.24, 2.45) is 5.41 Å². The highest BCUT2D eigenvalue weighted by Gasteiger charge is 2.30. The maximum absolute atomic E-state index is 11.6. The average molecular weight is 312 g/mol. The minimum Gasteiger partial charge on any atom is -0.465 e. The number of piperidine rings is 1. The molecule has 21 heavy (non-hydrogen) atoms. The number of ether oxygens (including phenoxy) is 1. The van der Waals surface area contributed by atoms with Crippen molar-refractivity contribution in [2.45, 2.75) is 26.3 Å². The summed E-state index contributed by atoms with van der Waals surface area (Å²) in [6, 6.07) is 5.20. The first-order chi connectivity index (χ1) is 9.97. The second-order valence-electron chi connectivity index (χ2n) is 6.08. The molecule has 0 unspecified atom stereocenters. The third kappa shape index (κ3) is 3.96. The van der Waals surface area contributed by atoms with Gasteiger partial charge in [-0.05, 0) is 43.1 Å². The SMILES string of the molecule is COC(=O)c1ccc(Cl)c(CN2CCC[C@@](C)(CO)C2)c1. The second-order valence-corrected chi connectivity index (χ2v) is 6.49. The Morgan fingerprint density at radius 3 is 2.95 bits per heavy atom. The number of aliphatic hydroxyl groups is 1. The predicted octanol–water partition coefficient (Wildman–Crippen LogP) is 2.72. The largest absolute Gasteiger partial charge is 0.465 e. The molecule has 2 rings (SSSR count). The first kappa shape index (κ1) is 16.3. The highest BCUT2D eigenvalue weighted by molar-refractivity contribution is 6.31. The first-order valence-corrected chi connectivity index (χ1v) is 7.55. The van der Waals surface area contributed by atoms with E-state index in [0.717, 1.165) is 31.5 Å². The molecule has 4 nitrogen and oxygen atoms in total. The summed E-state index contributed by atoms with van der Waals surface area (Å²) in [6.07, 6.45) is 2.10. The van der Waals surface area contributed by atoms with Gasteiger partial charge in [0.2, 0.25) is 0 Å². The molecule has 1 N–H and O–H groups in total. The van der Waals surface area contributed by atoms with Crippen molar-refractivity contribution in [1.82, 2.24) is 4.90 Å². The van der Waals surface area contributed by atoms with Gasteiger partial charge in [-0.25, -0.2) is 4.79 Å². The Kier molecular flexibility index (Phi) is 5.25. The second kappa shape index (κ2) is 6.77. The van der Waals surface area contributed by atoms with Crippen LogP contribution in [0.2, 0.25) is 5.02 Å². The number of carbonyl (C=O) groups is 1. The van der Waals surface area contributed by atoms with Crippen molar-refractivity contribution in [2.75, 3.05) is 26.8 Å². The van der Waals surface area contributed by atoms with E-state index >= 15 is 0 Å². The molecule has 1 aliphatic rings. The van der Waals surface area contributed by atoms with E-state index in [2.05, 4.69) is 11.8 Å². The zero-order valence-electron chi connectivity index (χ0n) is 12.6. The summed E-state index contributed by atoms with van der Waals surface area (Å²) < 4.78 is 4.74. The number of hydrogen-bond donors (Lipinski definition) is 1. The number of hydrogen-bond acceptors (Lipinski definition) is 4. The van der Waals surface area contributed by atoms with E-state index < -0.39 is 0 Å². The summed E-state index contributed by atoms with van der Waals surface area (Å²) in [6.45, 7) is 4.79. The lowest BCUT2D eigenvalue weighted by Gasteiger charge is -2.39. The zero-order chi connectivity index (χ0) is 15.5. The van der Waals surface area contributed by atoms with Crippen LogP contribution in [-0.2, 0) is 11.3 Å². The topological polar surface area (TPSA) is 49.8 Å². The first-order valence-electron chi connectivity index (χ1n) is 7.17. The Balaban J connectivity index is 2.13. The summed E-state index contributed by atoms with van der Waals surface area (Å²) in [7, 11) is 1.37. The molecule has 1 aromatic rings. The molecule has 116 valence electrons. The molecule has 0 aliphatic carbocycles. The standard InChI is InChI=1S/C16H22ClNO3/c1-16(11-19)6-3-7-18(10-16)9-13-8-12(15(20)21-2)4-5-14(13)17/h4-5,8,19H,3,6-7,9-11H2,1-2H3/t16-/m1/s1. The minimum atomic E-state index is -0.355. The summed E-state index contributed by atoms with van der Waals surface area (Å²) in [5, 5.41) is 10.2. The van der Waals surface area contributed by atoms with Crippen LogP contribution < -0.4 is 0 Å². The Bertz CT molecular complexity index is 520. The van der Waals surface area contributed by atoms with Crippen molar-refractivity contribution in [3.05, 3.63) is 34.3 Å². The smallest absolute Gasteiger partial charge is 0.337 e. The normalized spacial score (nSPS) is 23.0. The number of aliphatic hydroxyl groups excluding tert-OH is 1. The fourth-order valence-electron chi connectivity index (χ4n) is 2.87. The van der Waals surface area contributed by atoms with Crippen molar-refractivity contribution in [3.8, 4) is 0 Å². The van der Waals surface area contributed by atoms with Gasteiger partial charge in [-0.15, -0.1) is 0 Å². The molecule has 0 saturated carbocycles. The molecule has 1 fully saturated rings. The van der Waals surface area contributed by atoms with E-state index in [-0.39, 0.29) is 18.0 Å². The van der Waals surface area contributed by atoms with Gasteiger partial charge in [0.1, 0.15) is 0 Å². The van der Waals surface area contributed by atoms with Gasteiger partial charge in [-0.1, -0.05) is 18.5 Å². The van der Waals surface area contributed by atoms with E-state index in [4.69, 9.17) is 16.3 Å². The lowest BCUT2D eigenvalue weighted by Crippen LogP contribution is -2.43. The quantitative estimate of drug-likeness (QED) is 0.869. The number of methoxy groups -OCH3 is 1. The van der Waals surface area contributed by atoms with Gasteiger partial charge in [0.15, 0.2) is 0 Å². The average Bonchev–Trinajstić information content (AvgIpc) is 2.49. The van der Waals surface area contributed by atoms with Crippen LogP contribution in [0.4, 0.5) is 0 Å². The monoisotopic (exact) mass is 311 g/mol. The lowest BCUT2D eigenvalue weighted by molar-refractivity contribution is 0.0429. The van der Waals surface area contributed by atoms with Crippen molar-refractivity contribution in [1.29, 1.82) is 0 Å². The Hall–Kier alpha value is -1.10.